The Bertz CT molecular complexity index is 75.1. The molecule has 0 saturated carbocycles. The Balaban J connectivity index is 0. The fourth-order valence-electron chi connectivity index (χ4n) is 0. The lowest BCUT2D eigenvalue weighted by molar-refractivity contribution is 0.243. The van der Waals surface area contributed by atoms with E-state index in [-0.39, 0.29) is 4.49 Å². The molecule has 9 heavy (non-hydrogen) atoms. The molecule has 0 aliphatic rings. The van der Waals surface area contributed by atoms with E-state index in [0.717, 1.165) is 5.54 Å². The molecule has 0 fully saturated rings. The van der Waals surface area contributed by atoms with Gasteiger partial charge < -0.3 is 0 Å². The summed E-state index contributed by atoms with van der Waals surface area (Å²) >= 11 is 18.8. The molecule has 0 nitrogen and oxygen atoms in total. The number of hydrogen-bond acceptors (Lipinski definition) is 0. The van der Waals surface area contributed by atoms with Crippen LogP contribution in [0.15, 0.2) is 10.0 Å². The molecular weight excluding hydrogens is 216 g/mol. The largest absolute Gasteiger partial charge is 0.312 e. The van der Waals surface area contributed by atoms with Gasteiger partial charge in [0.1, 0.15) is 4.49 Å². The zero-order valence-corrected chi connectivity index (χ0v) is 6.95. The maximum atomic E-state index is 10.1. The summed E-state index contributed by atoms with van der Waals surface area (Å²) in [5.41, 5.74) is 1.09. The van der Waals surface area contributed by atoms with Crippen LogP contribution in [0.4, 0.5) is 8.78 Å². The summed E-state index contributed by atoms with van der Waals surface area (Å²) in [6.07, 6.45) is 0. The predicted molar refractivity (Wildman–Crippen MR) is 37.5 cm³/mol. The normalized spacial score (nSPS) is 7.89. The Hall–Kier alpha value is 0.760. The molecule has 0 radical (unpaired) electrons. The van der Waals surface area contributed by atoms with Crippen molar-refractivity contribution in [2.75, 3.05) is 0 Å². The second-order valence-electron chi connectivity index (χ2n) is 0.646. The van der Waals surface area contributed by atoms with Gasteiger partial charge in [0, 0.05) is 5.54 Å². The highest BCUT2D eigenvalue weighted by molar-refractivity contribution is 6.58. The molecule has 0 heterocycles. The molecule has 6 heteroatoms. The van der Waals surface area contributed by atoms with Gasteiger partial charge in [-0.15, -0.1) is 0 Å². The molecule has 0 spiro atoms. The number of hydrogen-bond donors (Lipinski definition) is 0. The van der Waals surface area contributed by atoms with Gasteiger partial charge in [0.15, 0.2) is 0 Å². The average Bonchev–Trinajstić information content (AvgIpc) is 1.65. The molecule has 0 saturated heterocycles. The van der Waals surface area contributed by atoms with Gasteiger partial charge in [0.2, 0.25) is 0 Å². The van der Waals surface area contributed by atoms with Crippen LogP contribution in [-0.4, -0.2) is 5.88 Å². The molecule has 0 amide bonds. The van der Waals surface area contributed by atoms with Crippen LogP contribution in [-0.2, 0) is 0 Å². The standard InChI is InChI=1S/C2HCl3.CHClF2/c3-1-2(4)5;2-1(3)4/h1H;1H. The highest BCUT2D eigenvalue weighted by atomic mass is 35.5. The first-order valence-electron chi connectivity index (χ1n) is 1.54. The lowest BCUT2D eigenvalue weighted by atomic mass is 11.2. The van der Waals surface area contributed by atoms with E-state index in [1.54, 1.807) is 0 Å². The van der Waals surface area contributed by atoms with E-state index in [0.29, 0.717) is 0 Å². The Labute approximate surface area is 71.3 Å². The molecule has 0 N–H and O–H groups in total. The maximum Gasteiger partial charge on any atom is 0.312 e. The van der Waals surface area contributed by atoms with Crippen molar-refractivity contribution in [1.29, 1.82) is 0 Å². The summed E-state index contributed by atoms with van der Waals surface area (Å²) in [6, 6.07) is 0. The van der Waals surface area contributed by atoms with Crippen LogP contribution < -0.4 is 0 Å². The van der Waals surface area contributed by atoms with Crippen molar-refractivity contribution >= 4 is 46.4 Å². The first-order valence-corrected chi connectivity index (χ1v) is 3.17. The van der Waals surface area contributed by atoms with Crippen LogP contribution in [0, 0.1) is 0 Å². The fraction of sp³-hybridized carbons (Fsp3) is 0.333. The zero-order valence-electron chi connectivity index (χ0n) is 3.92. The van der Waals surface area contributed by atoms with Crippen LogP contribution >= 0.6 is 46.4 Å². The van der Waals surface area contributed by atoms with E-state index < -0.39 is 5.88 Å². The zero-order chi connectivity index (χ0) is 7.86. The van der Waals surface area contributed by atoms with E-state index in [4.69, 9.17) is 34.8 Å². The average molecular weight is 218 g/mol. The monoisotopic (exact) mass is 216 g/mol. The van der Waals surface area contributed by atoms with Crippen molar-refractivity contribution in [3.05, 3.63) is 10.0 Å². The van der Waals surface area contributed by atoms with E-state index in [2.05, 4.69) is 11.6 Å². The van der Waals surface area contributed by atoms with Crippen molar-refractivity contribution in [2.24, 2.45) is 0 Å². The van der Waals surface area contributed by atoms with Gasteiger partial charge in [-0.1, -0.05) is 46.4 Å². The van der Waals surface area contributed by atoms with Gasteiger partial charge in [0.25, 0.3) is 0 Å². The van der Waals surface area contributed by atoms with Crippen LogP contribution in [0.25, 0.3) is 0 Å². The fourth-order valence-corrected chi connectivity index (χ4v) is 0. The minimum atomic E-state index is -2.69. The lowest BCUT2D eigenvalue weighted by Crippen LogP contribution is -1.62. The summed E-state index contributed by atoms with van der Waals surface area (Å²) < 4.78 is 20.3. The summed E-state index contributed by atoms with van der Waals surface area (Å²) in [4.78, 5) is 0. The molecule has 0 bridgehead atoms. The van der Waals surface area contributed by atoms with E-state index in [1.165, 1.54) is 0 Å². The number of alkyl halides is 3. The van der Waals surface area contributed by atoms with Crippen molar-refractivity contribution in [3.63, 3.8) is 0 Å². The van der Waals surface area contributed by atoms with Crippen molar-refractivity contribution < 1.29 is 8.78 Å². The second kappa shape index (κ2) is 8.76. The van der Waals surface area contributed by atoms with Crippen LogP contribution in [0.1, 0.15) is 0 Å². The summed E-state index contributed by atoms with van der Waals surface area (Å²) in [5, 5.41) is 0. The Morgan fingerprint density at radius 1 is 1.33 bits per heavy atom. The highest BCUT2D eigenvalue weighted by Crippen LogP contribution is 2.05. The smallest absolute Gasteiger partial charge is 0.192 e. The SMILES string of the molecule is ClC=C(Cl)Cl.FC(F)Cl. The molecule has 0 rings (SSSR count). The Morgan fingerprint density at radius 2 is 1.44 bits per heavy atom. The van der Waals surface area contributed by atoms with Gasteiger partial charge >= 0.3 is 5.88 Å². The van der Waals surface area contributed by atoms with E-state index in [9.17, 15) is 8.78 Å². The molecule has 0 aromatic heterocycles. The Morgan fingerprint density at radius 3 is 1.44 bits per heavy atom. The summed E-state index contributed by atoms with van der Waals surface area (Å²) in [5.74, 6) is -2.69. The van der Waals surface area contributed by atoms with Gasteiger partial charge in [-0.2, -0.15) is 8.78 Å². The predicted octanol–water partition coefficient (Wildman–Crippen LogP) is 3.95. The van der Waals surface area contributed by atoms with Gasteiger partial charge in [-0.05, 0) is 0 Å². The van der Waals surface area contributed by atoms with Crippen LogP contribution in [0.2, 0.25) is 0 Å². The quantitative estimate of drug-likeness (QED) is 0.539. The maximum absolute atomic E-state index is 10.1. The third-order valence-corrected chi connectivity index (χ3v) is 0.742. The van der Waals surface area contributed by atoms with Gasteiger partial charge in [-0.3, -0.25) is 0 Å². The highest BCUT2D eigenvalue weighted by Gasteiger charge is 1.83. The topological polar surface area (TPSA) is 0 Å². The number of rotatable bonds is 0. The van der Waals surface area contributed by atoms with Crippen molar-refractivity contribution in [3.8, 4) is 0 Å². The van der Waals surface area contributed by atoms with Gasteiger partial charge in [-0.25, -0.2) is 0 Å². The molecule has 0 unspecified atom stereocenters. The molecule has 0 aromatic rings. The van der Waals surface area contributed by atoms with Gasteiger partial charge in [0.05, 0.1) is 0 Å². The molecule has 0 atom stereocenters. The summed E-state index contributed by atoms with van der Waals surface area (Å²) in [7, 11) is 0. The van der Waals surface area contributed by atoms with Crippen molar-refractivity contribution in [2.45, 2.75) is 5.88 Å². The third-order valence-electron chi connectivity index (χ3n) is 0.0825. The molecular formula is C3H2Cl4F2. The third kappa shape index (κ3) is 52.6. The molecule has 56 valence electrons. The summed E-state index contributed by atoms with van der Waals surface area (Å²) in [6.45, 7) is 0. The molecule has 0 aliphatic heterocycles. The van der Waals surface area contributed by atoms with Crippen LogP contribution in [0.5, 0.6) is 0 Å². The first-order chi connectivity index (χ1) is 4.00. The second-order valence-corrected chi connectivity index (χ2v) is 2.20. The molecule has 0 aromatic carbocycles. The van der Waals surface area contributed by atoms with E-state index >= 15 is 0 Å². The van der Waals surface area contributed by atoms with Crippen molar-refractivity contribution in [1.82, 2.24) is 0 Å². The minimum absolute atomic E-state index is 0.0895. The lowest BCUT2D eigenvalue weighted by Gasteiger charge is -1.66. The first kappa shape index (κ1) is 12.4. The minimum Gasteiger partial charge on any atom is -0.192 e. The molecule has 0 aliphatic carbocycles. The Kier molecular flexibility index (Phi) is 12.1. The van der Waals surface area contributed by atoms with Crippen LogP contribution in [0.3, 0.4) is 0 Å². The van der Waals surface area contributed by atoms with E-state index in [1.807, 2.05) is 0 Å². The number of halogens is 6.